The highest BCUT2D eigenvalue weighted by molar-refractivity contribution is 9.10. The molecule has 19 heavy (non-hydrogen) atoms. The number of hydrogen-bond donors (Lipinski definition) is 0. The number of carbonyl (C=O) groups excluding carboxylic acids is 1. The highest BCUT2D eigenvalue weighted by Gasteiger charge is 2.20. The first-order valence-electron chi connectivity index (χ1n) is 5.89. The van der Waals surface area contributed by atoms with Crippen LogP contribution in [0.25, 0.3) is 0 Å². The average Bonchev–Trinajstić information content (AvgIpc) is 2.98. The number of thiophene rings is 1. The first-order valence-corrected chi connectivity index (χ1v) is 7.57. The minimum atomic E-state index is -0.431. The molecule has 0 spiro atoms. The molecule has 0 fully saturated rings. The van der Waals surface area contributed by atoms with Gasteiger partial charge in [-0.2, -0.15) is 0 Å². The van der Waals surface area contributed by atoms with Gasteiger partial charge in [0.1, 0.15) is 0 Å². The van der Waals surface area contributed by atoms with E-state index >= 15 is 0 Å². The lowest BCUT2D eigenvalue weighted by Crippen LogP contribution is -2.10. The summed E-state index contributed by atoms with van der Waals surface area (Å²) in [6, 6.07) is 2.00. The third-order valence-electron chi connectivity index (χ3n) is 2.69. The molecular formula is C12H14BrN3O2S. The van der Waals surface area contributed by atoms with Crippen LogP contribution in [0.1, 0.15) is 34.4 Å². The summed E-state index contributed by atoms with van der Waals surface area (Å²) in [5.41, 5.74) is 1.15. The van der Waals surface area contributed by atoms with Gasteiger partial charge in [0, 0.05) is 9.35 Å². The summed E-state index contributed by atoms with van der Waals surface area (Å²) in [5.74, 6) is -0.431. The summed E-state index contributed by atoms with van der Waals surface area (Å²) in [6.45, 7) is 2.66. The van der Waals surface area contributed by atoms with Gasteiger partial charge in [-0.15, -0.1) is 16.4 Å². The van der Waals surface area contributed by atoms with Crippen molar-refractivity contribution in [2.45, 2.75) is 26.3 Å². The highest BCUT2D eigenvalue weighted by Crippen LogP contribution is 2.24. The van der Waals surface area contributed by atoms with Crippen LogP contribution in [0.5, 0.6) is 0 Å². The van der Waals surface area contributed by atoms with Gasteiger partial charge in [-0.05, 0) is 33.8 Å². The predicted octanol–water partition coefficient (Wildman–Crippen LogP) is 2.89. The largest absolute Gasteiger partial charge is 0.464 e. The zero-order chi connectivity index (χ0) is 13.8. The highest BCUT2D eigenvalue weighted by atomic mass is 79.9. The van der Waals surface area contributed by atoms with E-state index in [2.05, 4.69) is 33.2 Å². The van der Waals surface area contributed by atoms with Crippen molar-refractivity contribution in [3.05, 3.63) is 32.2 Å². The van der Waals surface area contributed by atoms with Crippen molar-refractivity contribution in [1.29, 1.82) is 0 Å². The molecule has 7 heteroatoms. The monoisotopic (exact) mass is 343 g/mol. The minimum Gasteiger partial charge on any atom is -0.464 e. The molecule has 0 radical (unpaired) electrons. The lowest BCUT2D eigenvalue weighted by Gasteiger charge is -2.05. The van der Waals surface area contributed by atoms with Crippen molar-refractivity contribution in [2.24, 2.45) is 0 Å². The number of aromatic nitrogens is 3. The van der Waals surface area contributed by atoms with Crippen LogP contribution in [-0.4, -0.2) is 28.1 Å². The Morgan fingerprint density at radius 2 is 2.37 bits per heavy atom. The van der Waals surface area contributed by atoms with Crippen LogP contribution in [0, 0.1) is 0 Å². The zero-order valence-corrected chi connectivity index (χ0v) is 13.1. The van der Waals surface area contributed by atoms with Crippen molar-refractivity contribution in [3.8, 4) is 0 Å². The minimum absolute atomic E-state index is 0.317. The SMILES string of the molecule is CCCc1c(C(=O)OC)nnn1Cc1sccc1Br. The molecule has 0 aliphatic rings. The molecule has 102 valence electrons. The summed E-state index contributed by atoms with van der Waals surface area (Å²) in [5, 5.41) is 10.0. The molecule has 0 saturated heterocycles. The van der Waals surface area contributed by atoms with Crippen molar-refractivity contribution < 1.29 is 9.53 Å². The quantitative estimate of drug-likeness (QED) is 0.783. The topological polar surface area (TPSA) is 57.0 Å². The van der Waals surface area contributed by atoms with Gasteiger partial charge in [-0.1, -0.05) is 18.6 Å². The molecule has 5 nitrogen and oxygen atoms in total. The summed E-state index contributed by atoms with van der Waals surface area (Å²) >= 11 is 5.14. The fourth-order valence-electron chi connectivity index (χ4n) is 1.77. The molecule has 0 unspecified atom stereocenters. The molecule has 2 aromatic rings. The van der Waals surface area contributed by atoms with Crippen LogP contribution >= 0.6 is 27.3 Å². The molecule has 0 bridgehead atoms. The van der Waals surface area contributed by atoms with Gasteiger partial charge in [0.15, 0.2) is 5.69 Å². The second-order valence-electron chi connectivity index (χ2n) is 3.98. The van der Waals surface area contributed by atoms with E-state index in [9.17, 15) is 4.79 Å². The molecule has 0 aromatic carbocycles. The molecule has 0 atom stereocenters. The van der Waals surface area contributed by atoms with E-state index in [1.165, 1.54) is 7.11 Å². The van der Waals surface area contributed by atoms with Crippen molar-refractivity contribution in [2.75, 3.05) is 7.11 Å². The van der Waals surface area contributed by atoms with Gasteiger partial charge < -0.3 is 4.74 Å². The summed E-state index contributed by atoms with van der Waals surface area (Å²) in [6.07, 6.45) is 1.67. The Labute approximate surface area is 123 Å². The van der Waals surface area contributed by atoms with E-state index in [4.69, 9.17) is 4.74 Å². The molecule has 0 N–H and O–H groups in total. The Balaban J connectivity index is 2.32. The standard InChI is InChI=1S/C12H14BrN3O2S/c1-3-4-9-11(12(17)18-2)14-15-16(9)7-10-8(13)5-6-19-10/h5-6H,3-4,7H2,1-2H3. The number of rotatable bonds is 5. The molecule has 2 heterocycles. The van der Waals surface area contributed by atoms with Gasteiger partial charge in [0.05, 0.1) is 19.3 Å². The second kappa shape index (κ2) is 6.29. The van der Waals surface area contributed by atoms with Crippen molar-refractivity contribution in [3.63, 3.8) is 0 Å². The molecular weight excluding hydrogens is 330 g/mol. The van der Waals surface area contributed by atoms with Crippen LogP contribution in [0.2, 0.25) is 0 Å². The van der Waals surface area contributed by atoms with E-state index in [0.717, 1.165) is 27.9 Å². The normalized spacial score (nSPS) is 10.7. The first kappa shape index (κ1) is 14.2. The van der Waals surface area contributed by atoms with E-state index in [1.807, 2.05) is 11.4 Å². The van der Waals surface area contributed by atoms with Crippen LogP contribution in [0.15, 0.2) is 15.9 Å². The number of nitrogens with zero attached hydrogens (tertiary/aromatic N) is 3. The Bertz CT molecular complexity index is 579. The van der Waals surface area contributed by atoms with E-state index in [0.29, 0.717) is 12.2 Å². The fourth-order valence-corrected chi connectivity index (χ4v) is 3.23. The van der Waals surface area contributed by atoms with Crippen LogP contribution < -0.4 is 0 Å². The zero-order valence-electron chi connectivity index (χ0n) is 10.7. The molecule has 0 aliphatic heterocycles. The number of halogens is 1. The maximum Gasteiger partial charge on any atom is 0.360 e. The lowest BCUT2D eigenvalue weighted by molar-refractivity contribution is 0.0592. The summed E-state index contributed by atoms with van der Waals surface area (Å²) in [4.78, 5) is 12.8. The van der Waals surface area contributed by atoms with Crippen molar-refractivity contribution >= 4 is 33.2 Å². The molecule has 2 aromatic heterocycles. The summed E-state index contributed by atoms with van der Waals surface area (Å²) < 4.78 is 7.56. The van der Waals surface area contributed by atoms with Crippen LogP contribution in [0.4, 0.5) is 0 Å². The van der Waals surface area contributed by atoms with E-state index < -0.39 is 5.97 Å². The number of esters is 1. The second-order valence-corrected chi connectivity index (χ2v) is 5.83. The third kappa shape index (κ3) is 3.03. The molecule has 0 amide bonds. The molecule has 2 rings (SSSR count). The summed E-state index contributed by atoms with van der Waals surface area (Å²) in [7, 11) is 1.35. The number of methoxy groups -OCH3 is 1. The molecule has 0 aliphatic carbocycles. The van der Waals surface area contributed by atoms with E-state index in [1.54, 1.807) is 16.0 Å². The first-order chi connectivity index (χ1) is 9.17. The maximum atomic E-state index is 11.6. The van der Waals surface area contributed by atoms with Gasteiger partial charge in [-0.3, -0.25) is 0 Å². The predicted molar refractivity (Wildman–Crippen MR) is 76.5 cm³/mol. The number of hydrogen-bond acceptors (Lipinski definition) is 5. The van der Waals surface area contributed by atoms with Gasteiger partial charge in [0.25, 0.3) is 0 Å². The fraction of sp³-hybridized carbons (Fsp3) is 0.417. The van der Waals surface area contributed by atoms with Crippen molar-refractivity contribution in [1.82, 2.24) is 15.0 Å². The van der Waals surface area contributed by atoms with Crippen LogP contribution in [0.3, 0.4) is 0 Å². The van der Waals surface area contributed by atoms with Gasteiger partial charge in [-0.25, -0.2) is 9.48 Å². The Hall–Kier alpha value is -1.21. The smallest absolute Gasteiger partial charge is 0.360 e. The van der Waals surface area contributed by atoms with Gasteiger partial charge >= 0.3 is 5.97 Å². The third-order valence-corrected chi connectivity index (χ3v) is 4.60. The Morgan fingerprint density at radius 1 is 1.58 bits per heavy atom. The Morgan fingerprint density at radius 3 is 2.95 bits per heavy atom. The average molecular weight is 344 g/mol. The van der Waals surface area contributed by atoms with E-state index in [-0.39, 0.29) is 0 Å². The van der Waals surface area contributed by atoms with Gasteiger partial charge in [0.2, 0.25) is 0 Å². The maximum absolute atomic E-state index is 11.6. The Kier molecular flexibility index (Phi) is 4.71. The molecule has 0 saturated carbocycles. The number of carbonyl (C=O) groups is 1. The lowest BCUT2D eigenvalue weighted by atomic mass is 10.2. The number of ether oxygens (including phenoxy) is 1. The van der Waals surface area contributed by atoms with Crippen LogP contribution in [-0.2, 0) is 17.7 Å².